The lowest BCUT2D eigenvalue weighted by Gasteiger charge is -2.39. The number of nitrogens with zero attached hydrogens (tertiary/aromatic N) is 1. The lowest BCUT2D eigenvalue weighted by Crippen LogP contribution is -2.54. The van der Waals surface area contributed by atoms with Gasteiger partial charge in [0.1, 0.15) is 5.75 Å². The molecular weight excluding hydrogens is 422 g/mol. The van der Waals surface area contributed by atoms with E-state index in [1.165, 1.54) is 0 Å². The number of methoxy groups -OCH3 is 1. The van der Waals surface area contributed by atoms with Gasteiger partial charge in [-0.2, -0.15) is 0 Å². The number of benzene rings is 2. The molecule has 0 aliphatic carbocycles. The fourth-order valence-electron chi connectivity index (χ4n) is 4.48. The van der Waals surface area contributed by atoms with Crippen molar-refractivity contribution in [2.75, 3.05) is 32.5 Å². The molecule has 4 rings (SSSR count). The van der Waals surface area contributed by atoms with Crippen molar-refractivity contribution in [3.05, 3.63) is 65.2 Å². The normalized spacial score (nSPS) is 19.7. The predicted molar refractivity (Wildman–Crippen MR) is 128 cm³/mol. The molecule has 2 fully saturated rings. The molecule has 6 nitrogen and oxygen atoms in total. The monoisotopic (exact) mass is 453 g/mol. The van der Waals surface area contributed by atoms with Crippen LogP contribution in [0.2, 0.25) is 0 Å². The number of rotatable bonds is 6. The molecule has 1 unspecified atom stereocenters. The van der Waals surface area contributed by atoms with Crippen LogP contribution in [-0.2, 0) is 11.2 Å². The summed E-state index contributed by atoms with van der Waals surface area (Å²) in [6.45, 7) is 3.96. The van der Waals surface area contributed by atoms with Gasteiger partial charge in [-0.1, -0.05) is 36.4 Å². The first kappa shape index (κ1) is 22.7. The summed E-state index contributed by atoms with van der Waals surface area (Å²) >= 11 is 1.82. The number of thioether (sulfide) groups is 1. The quantitative estimate of drug-likeness (QED) is 0.704. The standard InChI is InChI=1S/C25H31N3O3S/c1-18-7-3-5-9-20(18)24(30)28-15-12-25(13-16-28)27-21(17-32-25)23(29)26-14-11-19-8-4-6-10-22(19)31-2/h3-10,21,27H,11-17H2,1-2H3,(H,26,29). The van der Waals surface area contributed by atoms with E-state index < -0.39 is 0 Å². The van der Waals surface area contributed by atoms with Crippen molar-refractivity contribution in [2.24, 2.45) is 0 Å². The van der Waals surface area contributed by atoms with Gasteiger partial charge in [-0.15, -0.1) is 11.8 Å². The van der Waals surface area contributed by atoms with Crippen molar-refractivity contribution in [1.82, 2.24) is 15.5 Å². The van der Waals surface area contributed by atoms with Gasteiger partial charge in [-0.25, -0.2) is 0 Å². The Hall–Kier alpha value is -2.51. The number of likely N-dealkylation sites (tertiary alicyclic amines) is 1. The molecule has 0 aromatic heterocycles. The first-order chi connectivity index (χ1) is 15.5. The van der Waals surface area contributed by atoms with Gasteiger partial charge in [-0.3, -0.25) is 14.9 Å². The molecule has 1 spiro atoms. The molecule has 170 valence electrons. The Morgan fingerprint density at radius 1 is 1.16 bits per heavy atom. The number of ether oxygens (including phenoxy) is 1. The number of hydrogen-bond donors (Lipinski definition) is 2. The number of amides is 2. The number of piperidine rings is 1. The highest BCUT2D eigenvalue weighted by Crippen LogP contribution is 2.39. The first-order valence-electron chi connectivity index (χ1n) is 11.2. The lowest BCUT2D eigenvalue weighted by atomic mass is 10.0. The number of hydrogen-bond acceptors (Lipinski definition) is 5. The molecule has 2 saturated heterocycles. The maximum Gasteiger partial charge on any atom is 0.254 e. The molecule has 2 heterocycles. The van der Waals surface area contributed by atoms with E-state index in [1.807, 2.05) is 72.1 Å². The van der Waals surface area contributed by atoms with Gasteiger partial charge in [0, 0.05) is 31.0 Å². The second-order valence-corrected chi connectivity index (χ2v) is 9.87. The van der Waals surface area contributed by atoms with Gasteiger partial charge < -0.3 is 15.0 Å². The van der Waals surface area contributed by atoms with Crippen molar-refractivity contribution >= 4 is 23.6 Å². The third-order valence-corrected chi connectivity index (χ3v) is 7.98. The smallest absolute Gasteiger partial charge is 0.254 e. The van der Waals surface area contributed by atoms with E-state index in [0.717, 1.165) is 47.5 Å². The molecule has 2 amide bonds. The highest BCUT2D eigenvalue weighted by molar-refractivity contribution is 8.01. The fourth-order valence-corrected chi connectivity index (χ4v) is 5.90. The van der Waals surface area contributed by atoms with Crippen LogP contribution >= 0.6 is 11.8 Å². The van der Waals surface area contributed by atoms with Crippen LogP contribution in [0.5, 0.6) is 5.75 Å². The van der Waals surface area contributed by atoms with Gasteiger partial charge in [0.15, 0.2) is 0 Å². The van der Waals surface area contributed by atoms with E-state index in [2.05, 4.69) is 10.6 Å². The molecule has 2 aliphatic rings. The van der Waals surface area contributed by atoms with E-state index in [1.54, 1.807) is 7.11 Å². The molecular formula is C25H31N3O3S. The Labute approximate surface area is 194 Å². The number of aryl methyl sites for hydroxylation is 1. The van der Waals surface area contributed by atoms with Crippen LogP contribution in [0.15, 0.2) is 48.5 Å². The highest BCUT2D eigenvalue weighted by Gasteiger charge is 2.44. The second kappa shape index (κ2) is 9.96. The summed E-state index contributed by atoms with van der Waals surface area (Å²) < 4.78 is 5.38. The summed E-state index contributed by atoms with van der Waals surface area (Å²) in [5, 5.41) is 6.64. The van der Waals surface area contributed by atoms with Crippen LogP contribution in [0.25, 0.3) is 0 Å². The molecule has 7 heteroatoms. The summed E-state index contributed by atoms with van der Waals surface area (Å²) in [5.41, 5.74) is 2.88. The molecule has 1 atom stereocenters. The summed E-state index contributed by atoms with van der Waals surface area (Å²) in [6.07, 6.45) is 2.43. The average Bonchev–Trinajstić information content (AvgIpc) is 3.23. The second-order valence-electron chi connectivity index (χ2n) is 8.46. The van der Waals surface area contributed by atoms with Crippen molar-refractivity contribution in [3.8, 4) is 5.75 Å². The SMILES string of the molecule is COc1ccccc1CCNC(=O)C1CSC2(CCN(C(=O)c3ccccc3C)CC2)N1. The van der Waals surface area contributed by atoms with E-state index in [0.29, 0.717) is 19.6 Å². The largest absolute Gasteiger partial charge is 0.496 e. The Bertz CT molecular complexity index is 972. The number of para-hydroxylation sites is 1. The lowest BCUT2D eigenvalue weighted by molar-refractivity contribution is -0.122. The molecule has 2 aromatic rings. The molecule has 2 N–H and O–H groups in total. The topological polar surface area (TPSA) is 70.7 Å². The van der Waals surface area contributed by atoms with Crippen molar-refractivity contribution < 1.29 is 14.3 Å². The van der Waals surface area contributed by atoms with Crippen molar-refractivity contribution in [3.63, 3.8) is 0 Å². The average molecular weight is 454 g/mol. The van der Waals surface area contributed by atoms with Crippen LogP contribution in [0.4, 0.5) is 0 Å². The first-order valence-corrected chi connectivity index (χ1v) is 12.2. The number of nitrogens with one attached hydrogen (secondary N) is 2. The maximum atomic E-state index is 12.9. The van der Waals surface area contributed by atoms with Gasteiger partial charge in [0.2, 0.25) is 5.91 Å². The molecule has 2 aromatic carbocycles. The third-order valence-electron chi connectivity index (χ3n) is 6.40. The van der Waals surface area contributed by atoms with Gasteiger partial charge in [0.25, 0.3) is 5.91 Å². The number of carbonyl (C=O) groups excluding carboxylic acids is 2. The van der Waals surface area contributed by atoms with Crippen LogP contribution < -0.4 is 15.4 Å². The third kappa shape index (κ3) is 4.94. The Kier molecular flexibility index (Phi) is 7.06. The van der Waals surface area contributed by atoms with E-state index in [4.69, 9.17) is 4.74 Å². The van der Waals surface area contributed by atoms with E-state index in [-0.39, 0.29) is 22.7 Å². The molecule has 0 bridgehead atoms. The highest BCUT2D eigenvalue weighted by atomic mass is 32.2. The minimum atomic E-state index is -0.198. The molecule has 0 radical (unpaired) electrons. The van der Waals surface area contributed by atoms with Crippen LogP contribution in [0.3, 0.4) is 0 Å². The molecule has 32 heavy (non-hydrogen) atoms. The Morgan fingerprint density at radius 2 is 1.88 bits per heavy atom. The number of carbonyl (C=O) groups is 2. The van der Waals surface area contributed by atoms with Gasteiger partial charge in [0.05, 0.1) is 18.0 Å². The predicted octanol–water partition coefficient (Wildman–Crippen LogP) is 3.00. The van der Waals surface area contributed by atoms with Gasteiger partial charge in [-0.05, 0) is 49.4 Å². The summed E-state index contributed by atoms with van der Waals surface area (Å²) in [6, 6.07) is 15.4. The zero-order valence-corrected chi connectivity index (χ0v) is 19.5. The zero-order valence-electron chi connectivity index (χ0n) is 18.7. The van der Waals surface area contributed by atoms with Crippen LogP contribution in [0.1, 0.15) is 34.3 Å². The summed E-state index contributed by atoms with van der Waals surface area (Å²) in [5.74, 6) is 1.75. The molecule has 0 saturated carbocycles. The minimum Gasteiger partial charge on any atom is -0.496 e. The van der Waals surface area contributed by atoms with Crippen molar-refractivity contribution in [2.45, 2.75) is 37.1 Å². The maximum absolute atomic E-state index is 12.9. The Balaban J connectivity index is 1.26. The minimum absolute atomic E-state index is 0.0442. The van der Waals surface area contributed by atoms with Crippen molar-refractivity contribution in [1.29, 1.82) is 0 Å². The Morgan fingerprint density at radius 3 is 2.62 bits per heavy atom. The van der Waals surface area contributed by atoms with Gasteiger partial charge >= 0.3 is 0 Å². The van der Waals surface area contributed by atoms with E-state index in [9.17, 15) is 9.59 Å². The van der Waals surface area contributed by atoms with Crippen LogP contribution in [0, 0.1) is 6.92 Å². The summed E-state index contributed by atoms with van der Waals surface area (Å²) in [4.78, 5) is 27.5. The van der Waals surface area contributed by atoms with E-state index >= 15 is 0 Å². The van der Waals surface area contributed by atoms with Crippen LogP contribution in [-0.4, -0.2) is 60.1 Å². The summed E-state index contributed by atoms with van der Waals surface area (Å²) in [7, 11) is 1.66. The zero-order chi connectivity index (χ0) is 22.6. The fraction of sp³-hybridized carbons (Fsp3) is 0.440. The molecule has 2 aliphatic heterocycles.